The molecule has 0 bridgehead atoms. The molecule has 90 valence electrons. The Morgan fingerprint density at radius 1 is 1.38 bits per heavy atom. The van der Waals surface area contributed by atoms with Gasteiger partial charge in [-0.3, -0.25) is 0 Å². The summed E-state index contributed by atoms with van der Waals surface area (Å²) in [5.41, 5.74) is 6.27. The van der Waals surface area contributed by atoms with E-state index >= 15 is 0 Å². The van der Waals surface area contributed by atoms with Gasteiger partial charge < -0.3 is 20.3 Å². The van der Waals surface area contributed by atoms with Crippen molar-refractivity contribution in [1.29, 1.82) is 0 Å². The van der Waals surface area contributed by atoms with Gasteiger partial charge in [0.05, 0.1) is 25.8 Å². The molecule has 1 rings (SSSR count). The quantitative estimate of drug-likeness (QED) is 0.797. The predicted octanol–water partition coefficient (Wildman–Crippen LogP) is 2.02. The molecule has 0 unspecified atom stereocenters. The number of methoxy groups -OCH3 is 2. The van der Waals surface area contributed by atoms with Crippen LogP contribution in [0.1, 0.15) is 11.6 Å². The number of nitrogens with two attached hydrogens (primary N) is 1. The molecule has 0 saturated carbocycles. The number of benzene rings is 1. The van der Waals surface area contributed by atoms with Gasteiger partial charge in [0.1, 0.15) is 17.2 Å². The second-order valence-electron chi connectivity index (χ2n) is 3.02. The maximum Gasteiger partial charge on any atom is 0.131 e. The topological polar surface area (TPSA) is 64.7 Å². The Balaban J connectivity index is 0.00000225. The number of aromatic hydroxyl groups is 1. The van der Waals surface area contributed by atoms with E-state index in [4.69, 9.17) is 15.2 Å². The summed E-state index contributed by atoms with van der Waals surface area (Å²) in [6.45, 7) is 3.57. The van der Waals surface area contributed by atoms with E-state index in [0.717, 1.165) is 0 Å². The number of halogens is 1. The van der Waals surface area contributed by atoms with E-state index in [1.54, 1.807) is 6.07 Å². The standard InChI is InChI=1S/C11H15NO3.ClH/c1-4-8(12)11-9(13)5-7(14-2)6-10(11)15-3;/h4-6,8,13H,1,12H2,2-3H3;1H/t8-;/m1./s1. The molecule has 5 heteroatoms. The van der Waals surface area contributed by atoms with E-state index in [0.29, 0.717) is 17.1 Å². The molecule has 0 aliphatic rings. The molecule has 0 aliphatic heterocycles. The highest BCUT2D eigenvalue weighted by Crippen LogP contribution is 2.36. The van der Waals surface area contributed by atoms with Crippen LogP contribution in [0.4, 0.5) is 0 Å². The smallest absolute Gasteiger partial charge is 0.131 e. The molecular formula is C11H16ClNO3. The van der Waals surface area contributed by atoms with Gasteiger partial charge in [-0.05, 0) is 0 Å². The molecule has 0 aromatic heterocycles. The van der Waals surface area contributed by atoms with E-state index in [-0.39, 0.29) is 18.2 Å². The van der Waals surface area contributed by atoms with Crippen LogP contribution >= 0.6 is 12.4 Å². The van der Waals surface area contributed by atoms with E-state index in [9.17, 15) is 5.11 Å². The number of rotatable bonds is 4. The highest BCUT2D eigenvalue weighted by molar-refractivity contribution is 5.85. The first-order valence-electron chi connectivity index (χ1n) is 4.47. The summed E-state index contributed by atoms with van der Waals surface area (Å²) in [5.74, 6) is 1.04. The Morgan fingerprint density at radius 3 is 2.44 bits per heavy atom. The van der Waals surface area contributed by atoms with Crippen LogP contribution in [0.15, 0.2) is 24.8 Å². The van der Waals surface area contributed by atoms with Crippen LogP contribution in [0.5, 0.6) is 17.2 Å². The zero-order valence-electron chi connectivity index (χ0n) is 9.27. The molecule has 3 N–H and O–H groups in total. The molecule has 0 fully saturated rings. The number of hydrogen-bond acceptors (Lipinski definition) is 4. The van der Waals surface area contributed by atoms with Gasteiger partial charge in [-0.1, -0.05) is 6.08 Å². The number of ether oxygens (including phenoxy) is 2. The molecule has 0 aliphatic carbocycles. The van der Waals surface area contributed by atoms with Crippen LogP contribution in [0, 0.1) is 0 Å². The van der Waals surface area contributed by atoms with E-state index in [2.05, 4.69) is 6.58 Å². The van der Waals surface area contributed by atoms with Gasteiger partial charge in [0.15, 0.2) is 0 Å². The number of hydrogen-bond donors (Lipinski definition) is 2. The normalized spacial score (nSPS) is 11.2. The second kappa shape index (κ2) is 6.25. The van der Waals surface area contributed by atoms with Gasteiger partial charge in [0.2, 0.25) is 0 Å². The van der Waals surface area contributed by atoms with E-state index in [1.165, 1.54) is 26.4 Å². The Hall–Kier alpha value is -1.39. The molecule has 0 amide bonds. The van der Waals surface area contributed by atoms with Crippen molar-refractivity contribution in [2.45, 2.75) is 6.04 Å². The molecule has 0 radical (unpaired) electrons. The van der Waals surface area contributed by atoms with Crippen molar-refractivity contribution >= 4 is 12.4 Å². The first kappa shape index (κ1) is 14.6. The van der Waals surface area contributed by atoms with Crippen LogP contribution in [0.2, 0.25) is 0 Å². The minimum absolute atomic E-state index is 0. The lowest BCUT2D eigenvalue weighted by Gasteiger charge is -2.15. The molecular weight excluding hydrogens is 230 g/mol. The molecule has 1 aromatic rings. The van der Waals surface area contributed by atoms with Gasteiger partial charge in [-0.2, -0.15) is 0 Å². The fraction of sp³-hybridized carbons (Fsp3) is 0.273. The maximum atomic E-state index is 9.75. The zero-order chi connectivity index (χ0) is 11.4. The summed E-state index contributed by atoms with van der Waals surface area (Å²) in [4.78, 5) is 0. The van der Waals surface area contributed by atoms with Crippen molar-refractivity contribution in [2.24, 2.45) is 5.73 Å². The monoisotopic (exact) mass is 245 g/mol. The van der Waals surface area contributed by atoms with Crippen molar-refractivity contribution < 1.29 is 14.6 Å². The summed E-state index contributed by atoms with van der Waals surface area (Å²) in [7, 11) is 3.02. The van der Waals surface area contributed by atoms with Crippen molar-refractivity contribution in [1.82, 2.24) is 0 Å². The molecule has 0 saturated heterocycles. The Bertz CT molecular complexity index is 368. The molecule has 0 spiro atoms. The average molecular weight is 246 g/mol. The largest absolute Gasteiger partial charge is 0.507 e. The van der Waals surface area contributed by atoms with Crippen molar-refractivity contribution in [3.05, 3.63) is 30.4 Å². The van der Waals surface area contributed by atoms with Gasteiger partial charge in [-0.25, -0.2) is 0 Å². The van der Waals surface area contributed by atoms with Crippen LogP contribution < -0.4 is 15.2 Å². The summed E-state index contributed by atoms with van der Waals surface area (Å²) in [6, 6.07) is 2.69. The number of phenols is 1. The predicted molar refractivity (Wildman–Crippen MR) is 65.6 cm³/mol. The molecule has 4 nitrogen and oxygen atoms in total. The second-order valence-corrected chi connectivity index (χ2v) is 3.02. The first-order chi connectivity index (χ1) is 7.13. The molecule has 16 heavy (non-hydrogen) atoms. The van der Waals surface area contributed by atoms with Gasteiger partial charge in [0, 0.05) is 12.1 Å². The third-order valence-electron chi connectivity index (χ3n) is 2.14. The van der Waals surface area contributed by atoms with Gasteiger partial charge in [-0.15, -0.1) is 19.0 Å². The summed E-state index contributed by atoms with van der Waals surface area (Å²) in [5, 5.41) is 9.75. The Labute approximate surface area is 101 Å². The summed E-state index contributed by atoms with van der Waals surface area (Å²) in [6.07, 6.45) is 1.53. The third-order valence-corrected chi connectivity index (χ3v) is 2.14. The zero-order valence-corrected chi connectivity index (χ0v) is 10.1. The van der Waals surface area contributed by atoms with Crippen molar-refractivity contribution in [3.8, 4) is 17.2 Å². The van der Waals surface area contributed by atoms with Crippen molar-refractivity contribution in [2.75, 3.05) is 14.2 Å². The fourth-order valence-electron chi connectivity index (χ4n) is 1.33. The van der Waals surface area contributed by atoms with Gasteiger partial charge in [0.25, 0.3) is 0 Å². The lowest BCUT2D eigenvalue weighted by molar-refractivity contribution is 0.378. The lowest BCUT2D eigenvalue weighted by Crippen LogP contribution is -2.08. The summed E-state index contributed by atoms with van der Waals surface area (Å²) < 4.78 is 10.1. The number of phenolic OH excluding ortho intramolecular Hbond substituents is 1. The van der Waals surface area contributed by atoms with Crippen LogP contribution in [-0.4, -0.2) is 19.3 Å². The third kappa shape index (κ3) is 2.81. The van der Waals surface area contributed by atoms with E-state index < -0.39 is 6.04 Å². The maximum absolute atomic E-state index is 9.75. The minimum atomic E-state index is -0.467. The molecule has 1 atom stereocenters. The van der Waals surface area contributed by atoms with Crippen LogP contribution in [-0.2, 0) is 0 Å². The van der Waals surface area contributed by atoms with E-state index in [1.807, 2.05) is 0 Å². The highest BCUT2D eigenvalue weighted by Gasteiger charge is 2.15. The van der Waals surface area contributed by atoms with Crippen LogP contribution in [0.3, 0.4) is 0 Å². The van der Waals surface area contributed by atoms with Crippen LogP contribution in [0.25, 0.3) is 0 Å². The Morgan fingerprint density at radius 2 is 2.00 bits per heavy atom. The highest BCUT2D eigenvalue weighted by atomic mass is 35.5. The SMILES string of the molecule is C=C[C@@H](N)c1c(O)cc(OC)cc1OC.Cl. The summed E-state index contributed by atoms with van der Waals surface area (Å²) >= 11 is 0. The molecule has 1 aromatic carbocycles. The Kier molecular flexibility index (Phi) is 5.71. The lowest BCUT2D eigenvalue weighted by atomic mass is 10.0. The van der Waals surface area contributed by atoms with Gasteiger partial charge >= 0.3 is 0 Å². The fourth-order valence-corrected chi connectivity index (χ4v) is 1.33. The first-order valence-corrected chi connectivity index (χ1v) is 4.47. The van der Waals surface area contributed by atoms with Crippen molar-refractivity contribution in [3.63, 3.8) is 0 Å². The average Bonchev–Trinajstić information content (AvgIpc) is 2.26. The minimum Gasteiger partial charge on any atom is -0.507 e. The molecule has 0 heterocycles.